The lowest BCUT2D eigenvalue weighted by Gasteiger charge is -2.15. The van der Waals surface area contributed by atoms with Gasteiger partial charge in [-0.3, -0.25) is 4.79 Å². The molecule has 0 unspecified atom stereocenters. The van der Waals surface area contributed by atoms with Gasteiger partial charge in [0.25, 0.3) is 5.91 Å². The first-order valence-corrected chi connectivity index (χ1v) is 8.22. The number of carbonyl (C=O) groups excluding carboxylic acids is 1. The molecular weight excluding hydrogens is 342 g/mol. The lowest BCUT2D eigenvalue weighted by Crippen LogP contribution is -2.34. The molecule has 1 heterocycles. The number of fused-ring (bicyclic) bond motifs is 1. The van der Waals surface area contributed by atoms with Crippen molar-refractivity contribution in [2.24, 2.45) is 0 Å². The van der Waals surface area contributed by atoms with Crippen LogP contribution in [0.2, 0.25) is 0 Å². The molecule has 0 saturated carbocycles. The van der Waals surface area contributed by atoms with Crippen molar-refractivity contribution >= 4 is 21.8 Å². The van der Waals surface area contributed by atoms with E-state index in [2.05, 4.69) is 33.4 Å². The molecule has 1 aliphatic heterocycles. The van der Waals surface area contributed by atoms with Crippen molar-refractivity contribution in [2.45, 2.75) is 25.8 Å². The molecule has 1 atom stereocenters. The van der Waals surface area contributed by atoms with Crippen LogP contribution >= 0.6 is 15.9 Å². The summed E-state index contributed by atoms with van der Waals surface area (Å²) in [5.74, 6) is 0.952. The molecule has 0 radical (unpaired) electrons. The number of nitrogens with one attached hydrogen (secondary N) is 1. The molecule has 0 saturated heterocycles. The summed E-state index contributed by atoms with van der Waals surface area (Å²) >= 11 is 3.39. The van der Waals surface area contributed by atoms with Gasteiger partial charge in [0, 0.05) is 22.5 Å². The summed E-state index contributed by atoms with van der Waals surface area (Å²) in [6.07, 6.45) is 1.79. The average molecular weight is 360 g/mol. The summed E-state index contributed by atoms with van der Waals surface area (Å²) in [5, 5.41) is 3.05. The van der Waals surface area contributed by atoms with Crippen LogP contribution in [0.5, 0.6) is 5.75 Å². The Kier molecular flexibility index (Phi) is 4.48. The van der Waals surface area contributed by atoms with Gasteiger partial charge in [-0.2, -0.15) is 0 Å². The van der Waals surface area contributed by atoms with Gasteiger partial charge in [0.05, 0.1) is 6.61 Å². The zero-order valence-electron chi connectivity index (χ0n) is 12.4. The SMILES string of the molecule is C[C@H](Cc1ccc2c(c1)CCO2)NC(=O)c1cccc(Br)c1. The van der Waals surface area contributed by atoms with Crippen LogP contribution in [-0.4, -0.2) is 18.6 Å². The van der Waals surface area contributed by atoms with E-state index in [0.717, 1.165) is 29.7 Å². The number of hydrogen-bond donors (Lipinski definition) is 1. The molecule has 0 fully saturated rings. The quantitative estimate of drug-likeness (QED) is 0.902. The molecule has 3 nitrogen and oxygen atoms in total. The molecule has 114 valence electrons. The van der Waals surface area contributed by atoms with Crippen molar-refractivity contribution in [2.75, 3.05) is 6.61 Å². The van der Waals surface area contributed by atoms with Crippen molar-refractivity contribution in [3.63, 3.8) is 0 Å². The minimum Gasteiger partial charge on any atom is -0.493 e. The highest BCUT2D eigenvalue weighted by molar-refractivity contribution is 9.10. The number of ether oxygens (including phenoxy) is 1. The van der Waals surface area contributed by atoms with Crippen LogP contribution < -0.4 is 10.1 Å². The molecule has 0 spiro atoms. The number of amides is 1. The Balaban J connectivity index is 1.62. The van der Waals surface area contributed by atoms with Gasteiger partial charge in [-0.05, 0) is 48.7 Å². The molecule has 0 bridgehead atoms. The van der Waals surface area contributed by atoms with Gasteiger partial charge in [-0.15, -0.1) is 0 Å². The van der Waals surface area contributed by atoms with E-state index < -0.39 is 0 Å². The number of halogens is 1. The van der Waals surface area contributed by atoms with Crippen molar-refractivity contribution < 1.29 is 9.53 Å². The van der Waals surface area contributed by atoms with Crippen LogP contribution in [0.1, 0.15) is 28.4 Å². The Morgan fingerprint density at radius 2 is 2.18 bits per heavy atom. The van der Waals surface area contributed by atoms with E-state index in [1.54, 1.807) is 0 Å². The molecule has 0 aliphatic carbocycles. The monoisotopic (exact) mass is 359 g/mol. The highest BCUT2D eigenvalue weighted by Crippen LogP contribution is 2.26. The Bertz CT molecular complexity index is 699. The molecule has 22 heavy (non-hydrogen) atoms. The Morgan fingerprint density at radius 1 is 1.32 bits per heavy atom. The summed E-state index contributed by atoms with van der Waals surface area (Å²) in [6.45, 7) is 2.80. The average Bonchev–Trinajstić information content (AvgIpc) is 2.94. The van der Waals surface area contributed by atoms with E-state index in [1.807, 2.05) is 37.3 Å². The lowest BCUT2D eigenvalue weighted by atomic mass is 10.0. The maximum atomic E-state index is 12.2. The maximum Gasteiger partial charge on any atom is 0.251 e. The van der Waals surface area contributed by atoms with Gasteiger partial charge < -0.3 is 10.1 Å². The van der Waals surface area contributed by atoms with Gasteiger partial charge in [-0.25, -0.2) is 0 Å². The van der Waals surface area contributed by atoms with Gasteiger partial charge in [0.1, 0.15) is 5.75 Å². The standard InChI is InChI=1S/C18H18BrNO2/c1-12(20-18(21)15-3-2-4-16(19)11-15)9-13-5-6-17-14(10-13)7-8-22-17/h2-6,10-12H,7-9H2,1H3,(H,20,21)/t12-/m1/s1. The van der Waals surface area contributed by atoms with Crippen molar-refractivity contribution in [3.8, 4) is 5.75 Å². The van der Waals surface area contributed by atoms with E-state index >= 15 is 0 Å². The Morgan fingerprint density at radius 3 is 3.00 bits per heavy atom. The predicted octanol–water partition coefficient (Wildman–Crippen LogP) is 3.75. The summed E-state index contributed by atoms with van der Waals surface area (Å²) < 4.78 is 6.43. The molecule has 1 amide bonds. The second kappa shape index (κ2) is 6.53. The predicted molar refractivity (Wildman–Crippen MR) is 90.4 cm³/mol. The van der Waals surface area contributed by atoms with E-state index in [1.165, 1.54) is 11.1 Å². The van der Waals surface area contributed by atoms with Gasteiger partial charge in [-0.1, -0.05) is 34.1 Å². The third kappa shape index (κ3) is 3.50. The lowest BCUT2D eigenvalue weighted by molar-refractivity contribution is 0.0940. The summed E-state index contributed by atoms with van der Waals surface area (Å²) in [4.78, 5) is 12.2. The zero-order chi connectivity index (χ0) is 15.5. The number of hydrogen-bond acceptors (Lipinski definition) is 2. The largest absolute Gasteiger partial charge is 0.493 e. The summed E-state index contributed by atoms with van der Waals surface area (Å²) in [5.41, 5.74) is 3.16. The third-order valence-corrected chi connectivity index (χ3v) is 4.25. The van der Waals surface area contributed by atoms with Gasteiger partial charge >= 0.3 is 0 Å². The smallest absolute Gasteiger partial charge is 0.251 e. The van der Waals surface area contributed by atoms with E-state index in [0.29, 0.717) is 5.56 Å². The normalized spacial score (nSPS) is 14.1. The van der Waals surface area contributed by atoms with E-state index in [4.69, 9.17) is 4.74 Å². The molecular formula is C18H18BrNO2. The van der Waals surface area contributed by atoms with Crippen LogP contribution in [0, 0.1) is 0 Å². The molecule has 1 N–H and O–H groups in total. The van der Waals surface area contributed by atoms with Crippen LogP contribution in [0.3, 0.4) is 0 Å². The Hall–Kier alpha value is -1.81. The van der Waals surface area contributed by atoms with Crippen LogP contribution in [0.25, 0.3) is 0 Å². The highest BCUT2D eigenvalue weighted by atomic mass is 79.9. The van der Waals surface area contributed by atoms with Crippen molar-refractivity contribution in [1.29, 1.82) is 0 Å². The zero-order valence-corrected chi connectivity index (χ0v) is 14.0. The van der Waals surface area contributed by atoms with Crippen LogP contribution in [-0.2, 0) is 12.8 Å². The molecule has 1 aliphatic rings. The van der Waals surface area contributed by atoms with Crippen molar-refractivity contribution in [1.82, 2.24) is 5.32 Å². The second-order valence-electron chi connectivity index (χ2n) is 5.63. The minimum atomic E-state index is -0.0432. The summed E-state index contributed by atoms with van der Waals surface area (Å²) in [6, 6.07) is 13.8. The van der Waals surface area contributed by atoms with E-state index in [9.17, 15) is 4.79 Å². The Labute approximate surface area is 138 Å². The molecule has 2 aromatic carbocycles. The second-order valence-corrected chi connectivity index (χ2v) is 6.55. The minimum absolute atomic E-state index is 0.0432. The van der Waals surface area contributed by atoms with Gasteiger partial charge in [0.15, 0.2) is 0 Å². The third-order valence-electron chi connectivity index (χ3n) is 3.76. The van der Waals surface area contributed by atoms with E-state index in [-0.39, 0.29) is 11.9 Å². The maximum absolute atomic E-state index is 12.2. The molecule has 3 rings (SSSR count). The van der Waals surface area contributed by atoms with Gasteiger partial charge in [0.2, 0.25) is 0 Å². The first kappa shape index (κ1) is 15.1. The highest BCUT2D eigenvalue weighted by Gasteiger charge is 2.14. The van der Waals surface area contributed by atoms with Crippen LogP contribution in [0.4, 0.5) is 0 Å². The fourth-order valence-corrected chi connectivity index (χ4v) is 3.11. The summed E-state index contributed by atoms with van der Waals surface area (Å²) in [7, 11) is 0. The topological polar surface area (TPSA) is 38.3 Å². The van der Waals surface area contributed by atoms with Crippen LogP contribution in [0.15, 0.2) is 46.9 Å². The number of carbonyl (C=O) groups is 1. The first-order chi connectivity index (χ1) is 10.6. The molecule has 4 heteroatoms. The first-order valence-electron chi connectivity index (χ1n) is 7.43. The fourth-order valence-electron chi connectivity index (χ4n) is 2.71. The number of rotatable bonds is 4. The number of benzene rings is 2. The fraction of sp³-hybridized carbons (Fsp3) is 0.278. The molecule has 2 aromatic rings. The molecule has 0 aromatic heterocycles. The van der Waals surface area contributed by atoms with Crippen molar-refractivity contribution in [3.05, 3.63) is 63.6 Å².